The van der Waals surface area contributed by atoms with E-state index < -0.39 is 0 Å². The van der Waals surface area contributed by atoms with Crippen LogP contribution in [0.25, 0.3) is 0 Å². The second kappa shape index (κ2) is 10.5. The van der Waals surface area contributed by atoms with Crippen molar-refractivity contribution in [2.75, 3.05) is 25.6 Å². The summed E-state index contributed by atoms with van der Waals surface area (Å²) in [6.45, 7) is 4.24. The highest BCUT2D eigenvalue weighted by molar-refractivity contribution is 9.09. The third kappa shape index (κ3) is 8.72. The first kappa shape index (κ1) is 13.4. The number of nitrogens with one attached hydrogen (secondary N) is 1. The molecule has 1 atom stereocenters. The zero-order valence-electron chi connectivity index (χ0n) is 8.81. The third-order valence-corrected chi connectivity index (χ3v) is 2.62. The van der Waals surface area contributed by atoms with Gasteiger partial charge < -0.3 is 10.1 Å². The molecule has 0 heterocycles. The molecule has 1 N–H and O–H groups in total. The van der Waals surface area contributed by atoms with Crippen LogP contribution in [0, 0.1) is 0 Å². The summed E-state index contributed by atoms with van der Waals surface area (Å²) < 4.78 is 4.99. The monoisotopic (exact) mass is 251 g/mol. The van der Waals surface area contributed by atoms with Crippen molar-refractivity contribution < 1.29 is 4.74 Å². The van der Waals surface area contributed by atoms with Crippen LogP contribution in [-0.2, 0) is 4.74 Å². The van der Waals surface area contributed by atoms with Gasteiger partial charge in [-0.3, -0.25) is 0 Å². The Morgan fingerprint density at radius 1 is 1.38 bits per heavy atom. The zero-order chi connectivity index (χ0) is 9.94. The number of halogens is 1. The van der Waals surface area contributed by atoms with Gasteiger partial charge in [-0.1, -0.05) is 22.9 Å². The summed E-state index contributed by atoms with van der Waals surface area (Å²) >= 11 is 3.46. The summed E-state index contributed by atoms with van der Waals surface area (Å²) in [6, 6.07) is 0.682. The van der Waals surface area contributed by atoms with E-state index in [2.05, 4.69) is 28.2 Å². The minimum atomic E-state index is 0.682. The number of rotatable bonds is 9. The Labute approximate surface area is 90.6 Å². The first-order chi connectivity index (χ1) is 6.35. The molecule has 0 bridgehead atoms. The summed E-state index contributed by atoms with van der Waals surface area (Å²) in [6.07, 6.45) is 4.82. The molecule has 0 aliphatic heterocycles. The van der Waals surface area contributed by atoms with Crippen LogP contribution >= 0.6 is 15.9 Å². The van der Waals surface area contributed by atoms with Gasteiger partial charge in [-0.05, 0) is 32.2 Å². The van der Waals surface area contributed by atoms with Gasteiger partial charge in [-0.15, -0.1) is 0 Å². The lowest BCUT2D eigenvalue weighted by Crippen LogP contribution is -2.29. The summed E-state index contributed by atoms with van der Waals surface area (Å²) in [4.78, 5) is 0. The van der Waals surface area contributed by atoms with Crippen LogP contribution in [0.3, 0.4) is 0 Å². The van der Waals surface area contributed by atoms with E-state index in [1.165, 1.54) is 19.3 Å². The van der Waals surface area contributed by atoms with Crippen LogP contribution < -0.4 is 5.32 Å². The Morgan fingerprint density at radius 2 is 2.15 bits per heavy atom. The molecular formula is C10H22BrNO. The van der Waals surface area contributed by atoms with Crippen molar-refractivity contribution in [3.63, 3.8) is 0 Å². The highest BCUT2D eigenvalue weighted by Gasteiger charge is 2.02. The van der Waals surface area contributed by atoms with Crippen molar-refractivity contribution in [3.8, 4) is 0 Å². The molecule has 1 unspecified atom stereocenters. The Kier molecular flexibility index (Phi) is 10.8. The van der Waals surface area contributed by atoms with Gasteiger partial charge in [-0.25, -0.2) is 0 Å². The van der Waals surface area contributed by atoms with Crippen molar-refractivity contribution in [1.82, 2.24) is 5.32 Å². The molecule has 2 nitrogen and oxygen atoms in total. The maximum Gasteiger partial charge on any atom is 0.0462 e. The molecular weight excluding hydrogens is 230 g/mol. The lowest BCUT2D eigenvalue weighted by molar-refractivity contribution is 0.192. The molecule has 80 valence electrons. The Bertz CT molecular complexity index is 101. The van der Waals surface area contributed by atoms with Gasteiger partial charge in [0.15, 0.2) is 0 Å². The van der Waals surface area contributed by atoms with Crippen LogP contribution in [0.4, 0.5) is 0 Å². The molecule has 0 aromatic carbocycles. The van der Waals surface area contributed by atoms with Crippen molar-refractivity contribution in [2.24, 2.45) is 0 Å². The number of ether oxygens (including phenoxy) is 1. The van der Waals surface area contributed by atoms with Gasteiger partial charge >= 0.3 is 0 Å². The van der Waals surface area contributed by atoms with Crippen molar-refractivity contribution in [2.45, 2.75) is 38.6 Å². The first-order valence-corrected chi connectivity index (χ1v) is 6.25. The van der Waals surface area contributed by atoms with E-state index in [4.69, 9.17) is 4.74 Å². The maximum atomic E-state index is 4.99. The van der Waals surface area contributed by atoms with Crippen LogP contribution in [-0.4, -0.2) is 31.6 Å². The van der Waals surface area contributed by atoms with Crippen LogP contribution in [0.15, 0.2) is 0 Å². The molecule has 0 aliphatic carbocycles. The topological polar surface area (TPSA) is 21.3 Å². The van der Waals surface area contributed by atoms with E-state index in [9.17, 15) is 0 Å². The van der Waals surface area contributed by atoms with E-state index in [0.717, 1.165) is 24.9 Å². The molecule has 0 saturated carbocycles. The number of alkyl halides is 1. The van der Waals surface area contributed by atoms with Gasteiger partial charge in [0.25, 0.3) is 0 Å². The Balaban J connectivity index is 3.17. The Hall–Kier alpha value is 0.400. The van der Waals surface area contributed by atoms with Gasteiger partial charge in [-0.2, -0.15) is 0 Å². The highest BCUT2D eigenvalue weighted by Crippen LogP contribution is 2.00. The van der Waals surface area contributed by atoms with E-state index in [0.29, 0.717) is 6.04 Å². The van der Waals surface area contributed by atoms with Gasteiger partial charge in [0, 0.05) is 25.1 Å². The largest absolute Gasteiger partial charge is 0.385 e. The zero-order valence-corrected chi connectivity index (χ0v) is 10.4. The van der Waals surface area contributed by atoms with Gasteiger partial charge in [0.2, 0.25) is 0 Å². The predicted molar refractivity (Wildman–Crippen MR) is 61.6 cm³/mol. The molecule has 0 aliphatic rings. The van der Waals surface area contributed by atoms with Crippen LogP contribution in [0.2, 0.25) is 0 Å². The molecule has 13 heavy (non-hydrogen) atoms. The van der Waals surface area contributed by atoms with Gasteiger partial charge in [0.1, 0.15) is 0 Å². The number of unbranched alkanes of at least 4 members (excludes halogenated alkanes) is 1. The summed E-state index contributed by atoms with van der Waals surface area (Å²) in [5.74, 6) is 0. The van der Waals surface area contributed by atoms with Crippen LogP contribution in [0.5, 0.6) is 0 Å². The lowest BCUT2D eigenvalue weighted by atomic mass is 10.1. The Morgan fingerprint density at radius 3 is 2.69 bits per heavy atom. The quantitative estimate of drug-likeness (QED) is 0.503. The molecule has 0 fully saturated rings. The second-order valence-corrected chi connectivity index (χ2v) is 4.03. The van der Waals surface area contributed by atoms with Crippen molar-refractivity contribution in [1.29, 1.82) is 0 Å². The van der Waals surface area contributed by atoms with E-state index in [1.807, 2.05) is 0 Å². The molecule has 0 aromatic heterocycles. The van der Waals surface area contributed by atoms with E-state index >= 15 is 0 Å². The number of hydrogen-bond acceptors (Lipinski definition) is 2. The number of hydrogen-bond donors (Lipinski definition) is 1. The smallest absolute Gasteiger partial charge is 0.0462 e. The minimum Gasteiger partial charge on any atom is -0.385 e. The minimum absolute atomic E-state index is 0.682. The van der Waals surface area contributed by atoms with E-state index in [1.54, 1.807) is 7.11 Å². The number of methoxy groups -OCH3 is 1. The average Bonchev–Trinajstić information content (AvgIpc) is 2.16. The average molecular weight is 252 g/mol. The standard InChI is InChI=1S/C10H22BrNO/c1-3-10(6-7-11)12-8-4-5-9-13-2/h10,12H,3-9H2,1-2H3. The van der Waals surface area contributed by atoms with Gasteiger partial charge in [0.05, 0.1) is 0 Å². The summed E-state index contributed by atoms with van der Waals surface area (Å²) in [7, 11) is 1.76. The lowest BCUT2D eigenvalue weighted by Gasteiger charge is -2.15. The molecule has 0 amide bonds. The normalized spacial score (nSPS) is 13.2. The molecule has 0 spiro atoms. The predicted octanol–water partition coefficient (Wildman–Crippen LogP) is 2.57. The van der Waals surface area contributed by atoms with E-state index in [-0.39, 0.29) is 0 Å². The molecule has 0 radical (unpaired) electrons. The fourth-order valence-corrected chi connectivity index (χ4v) is 1.81. The summed E-state index contributed by atoms with van der Waals surface area (Å²) in [5, 5.41) is 4.64. The summed E-state index contributed by atoms with van der Waals surface area (Å²) in [5.41, 5.74) is 0. The highest BCUT2D eigenvalue weighted by atomic mass is 79.9. The van der Waals surface area contributed by atoms with Crippen LogP contribution in [0.1, 0.15) is 32.6 Å². The van der Waals surface area contributed by atoms with Crippen molar-refractivity contribution >= 4 is 15.9 Å². The molecule has 3 heteroatoms. The molecule has 0 saturated heterocycles. The maximum absolute atomic E-state index is 4.99. The SMILES string of the molecule is CCC(CCBr)NCCCCOC. The molecule has 0 aromatic rings. The fraction of sp³-hybridized carbons (Fsp3) is 1.00. The third-order valence-electron chi connectivity index (χ3n) is 2.16. The fourth-order valence-electron chi connectivity index (χ4n) is 1.26. The second-order valence-electron chi connectivity index (χ2n) is 3.24. The first-order valence-electron chi connectivity index (χ1n) is 5.13. The van der Waals surface area contributed by atoms with Crippen molar-refractivity contribution in [3.05, 3.63) is 0 Å². The molecule has 0 rings (SSSR count).